The van der Waals surface area contributed by atoms with Gasteiger partial charge >= 0.3 is 11.2 Å². The van der Waals surface area contributed by atoms with E-state index in [4.69, 9.17) is 4.74 Å². The summed E-state index contributed by atoms with van der Waals surface area (Å²) in [4.78, 5) is 57.9. The van der Waals surface area contributed by atoms with Crippen molar-refractivity contribution in [2.75, 3.05) is 13.1 Å². The first kappa shape index (κ1) is 28.8. The molecule has 2 saturated heterocycles. The predicted molar refractivity (Wildman–Crippen MR) is 152 cm³/mol. The number of thiophene rings is 1. The second-order valence-electron chi connectivity index (χ2n) is 11.3. The van der Waals surface area contributed by atoms with Crippen molar-refractivity contribution in [3.8, 4) is 5.75 Å². The van der Waals surface area contributed by atoms with Gasteiger partial charge < -0.3 is 15.0 Å². The summed E-state index contributed by atoms with van der Waals surface area (Å²) in [5, 5.41) is 3.96. The zero-order chi connectivity index (χ0) is 29.5. The van der Waals surface area contributed by atoms with Crippen molar-refractivity contribution in [1.29, 1.82) is 0 Å². The standard InChI is InChI=1S/C28H30N4O7S2/c1-28(2,3)14-19(30-27(36)39-22-16-40-23-10-5-4-8-17(22)23)25(34)31-13-11-20-24(31)21(33)15-32(20)41(37,38)26(35)18-9-6-7-12-29-18/h4-10,12,16,19-20,24H,11,13-15H2,1-3H3,(H,30,36). The van der Waals surface area contributed by atoms with Crippen LogP contribution in [0.3, 0.4) is 0 Å². The van der Waals surface area contributed by atoms with E-state index < -0.39 is 57.6 Å². The van der Waals surface area contributed by atoms with E-state index in [1.807, 2.05) is 45.0 Å². The Bertz CT molecular complexity index is 1610. The summed E-state index contributed by atoms with van der Waals surface area (Å²) in [7, 11) is -4.56. The van der Waals surface area contributed by atoms with Crippen LogP contribution in [-0.2, 0) is 19.6 Å². The van der Waals surface area contributed by atoms with Gasteiger partial charge in [-0.1, -0.05) is 39.0 Å². The van der Waals surface area contributed by atoms with Crippen LogP contribution >= 0.6 is 11.3 Å². The van der Waals surface area contributed by atoms with Crippen LogP contribution in [-0.4, -0.2) is 76.7 Å². The molecule has 2 amide bonds. The van der Waals surface area contributed by atoms with Crippen molar-refractivity contribution in [3.05, 3.63) is 59.7 Å². The van der Waals surface area contributed by atoms with E-state index in [0.29, 0.717) is 5.75 Å². The topological polar surface area (TPSA) is 143 Å². The van der Waals surface area contributed by atoms with Gasteiger partial charge in [0.15, 0.2) is 11.5 Å². The number of ether oxygens (including phenoxy) is 1. The third-order valence-electron chi connectivity index (χ3n) is 7.13. The molecule has 1 N–H and O–H groups in total. The van der Waals surface area contributed by atoms with Crippen molar-refractivity contribution >= 4 is 54.3 Å². The van der Waals surface area contributed by atoms with Crippen LogP contribution < -0.4 is 10.1 Å². The van der Waals surface area contributed by atoms with E-state index in [2.05, 4.69) is 10.3 Å². The van der Waals surface area contributed by atoms with Gasteiger partial charge in [-0.15, -0.1) is 11.3 Å². The number of Topliss-reactive ketones (excluding diaryl/α,β-unsaturated/α-hetero) is 1. The third-order valence-corrected chi connectivity index (χ3v) is 9.77. The maximum atomic E-state index is 13.8. The SMILES string of the molecule is CC(C)(C)CC(NC(=O)Oc1csc2ccccc12)C(=O)N1CCC2C1C(=O)CN2S(=O)(=O)C(=O)c1ccccn1. The summed E-state index contributed by atoms with van der Waals surface area (Å²) in [5.41, 5.74) is -0.632. The van der Waals surface area contributed by atoms with Crippen LogP contribution in [0, 0.1) is 5.41 Å². The number of hydrogen-bond acceptors (Lipinski definition) is 9. The molecule has 5 rings (SSSR count). The Morgan fingerprint density at radius 1 is 1.15 bits per heavy atom. The fourth-order valence-electron chi connectivity index (χ4n) is 5.38. The smallest absolute Gasteiger partial charge is 0.409 e. The van der Waals surface area contributed by atoms with E-state index in [1.165, 1.54) is 34.6 Å². The van der Waals surface area contributed by atoms with E-state index in [-0.39, 0.29) is 30.5 Å². The number of nitrogens with zero attached hydrogens (tertiary/aromatic N) is 3. The number of benzene rings is 1. The highest BCUT2D eigenvalue weighted by molar-refractivity contribution is 8.04. The lowest BCUT2D eigenvalue weighted by atomic mass is 9.87. The molecule has 2 aromatic heterocycles. The van der Waals surface area contributed by atoms with Crippen LogP contribution in [0.5, 0.6) is 5.75 Å². The molecular formula is C28H30N4O7S2. The Balaban J connectivity index is 1.34. The van der Waals surface area contributed by atoms with Crippen molar-refractivity contribution in [1.82, 2.24) is 19.5 Å². The third kappa shape index (κ3) is 5.74. The Morgan fingerprint density at radius 2 is 1.88 bits per heavy atom. The van der Waals surface area contributed by atoms with Crippen LogP contribution in [0.4, 0.5) is 4.79 Å². The van der Waals surface area contributed by atoms with Crippen LogP contribution in [0.25, 0.3) is 10.1 Å². The van der Waals surface area contributed by atoms with Gasteiger partial charge in [0.1, 0.15) is 17.8 Å². The monoisotopic (exact) mass is 598 g/mol. The summed E-state index contributed by atoms with van der Waals surface area (Å²) in [6.07, 6.45) is 0.915. The summed E-state index contributed by atoms with van der Waals surface area (Å²) < 4.78 is 33.8. The van der Waals surface area contributed by atoms with Gasteiger partial charge in [0.05, 0.1) is 12.6 Å². The zero-order valence-corrected chi connectivity index (χ0v) is 24.4. The molecule has 0 radical (unpaired) electrons. The molecule has 3 aromatic rings. The summed E-state index contributed by atoms with van der Waals surface area (Å²) in [6.45, 7) is 5.31. The number of amides is 2. The molecule has 2 aliphatic rings. The molecule has 4 heterocycles. The highest BCUT2D eigenvalue weighted by Crippen LogP contribution is 2.35. The number of rotatable bonds is 6. The van der Waals surface area contributed by atoms with Gasteiger partial charge in [0.25, 0.3) is 10.0 Å². The number of sulfonamides is 1. The fraction of sp³-hybridized carbons (Fsp3) is 0.393. The van der Waals surface area contributed by atoms with E-state index in [1.54, 1.807) is 11.4 Å². The summed E-state index contributed by atoms with van der Waals surface area (Å²) >= 11 is 1.43. The molecule has 3 atom stereocenters. The average Bonchev–Trinajstić information content (AvgIpc) is 3.63. The molecule has 0 spiro atoms. The van der Waals surface area contributed by atoms with Gasteiger partial charge in [-0.25, -0.2) is 13.2 Å². The van der Waals surface area contributed by atoms with Crippen molar-refractivity contribution in [3.63, 3.8) is 0 Å². The van der Waals surface area contributed by atoms with Gasteiger partial charge in [-0.3, -0.25) is 19.4 Å². The van der Waals surface area contributed by atoms with Gasteiger partial charge in [-0.2, -0.15) is 4.31 Å². The van der Waals surface area contributed by atoms with Crippen molar-refractivity contribution in [2.45, 2.75) is 51.7 Å². The van der Waals surface area contributed by atoms with Gasteiger partial charge in [-0.05, 0) is 42.5 Å². The first-order chi connectivity index (χ1) is 19.4. The summed E-state index contributed by atoms with van der Waals surface area (Å²) in [6, 6.07) is 8.83. The molecule has 11 nitrogen and oxygen atoms in total. The molecule has 2 aliphatic heterocycles. The molecular weight excluding hydrogens is 568 g/mol. The molecule has 13 heteroatoms. The Labute approximate surface area is 241 Å². The summed E-state index contributed by atoms with van der Waals surface area (Å²) in [5.74, 6) is -0.626. The average molecular weight is 599 g/mol. The fourth-order valence-corrected chi connectivity index (χ4v) is 7.71. The number of carbonyl (C=O) groups excluding carboxylic acids is 4. The van der Waals surface area contributed by atoms with Gasteiger partial charge in [0.2, 0.25) is 5.91 Å². The second kappa shape index (κ2) is 11.0. The number of fused-ring (bicyclic) bond motifs is 2. The normalized spacial score (nSPS) is 20.2. The minimum atomic E-state index is -4.56. The largest absolute Gasteiger partial charge is 0.413 e. The number of likely N-dealkylation sites (tertiary alicyclic amines) is 1. The maximum absolute atomic E-state index is 13.8. The van der Waals surface area contributed by atoms with Crippen LogP contribution in [0.2, 0.25) is 0 Å². The minimum Gasteiger partial charge on any atom is -0.409 e. The number of pyridine rings is 1. The highest BCUT2D eigenvalue weighted by atomic mass is 32.2. The lowest BCUT2D eigenvalue weighted by Crippen LogP contribution is -2.54. The van der Waals surface area contributed by atoms with E-state index >= 15 is 0 Å². The first-order valence-electron chi connectivity index (χ1n) is 13.1. The number of hydrogen-bond donors (Lipinski definition) is 1. The minimum absolute atomic E-state index is 0.0935. The number of nitrogens with one attached hydrogen (secondary N) is 1. The molecule has 0 saturated carbocycles. The number of ketones is 1. The van der Waals surface area contributed by atoms with Crippen molar-refractivity contribution in [2.24, 2.45) is 5.41 Å². The molecule has 216 valence electrons. The second-order valence-corrected chi connectivity index (χ2v) is 14.0. The number of carbonyl (C=O) groups is 4. The van der Waals surface area contributed by atoms with E-state index in [9.17, 15) is 27.6 Å². The molecule has 41 heavy (non-hydrogen) atoms. The van der Waals surface area contributed by atoms with Gasteiger partial charge in [0, 0.05) is 28.2 Å². The highest BCUT2D eigenvalue weighted by Gasteiger charge is 2.55. The Hall–Kier alpha value is -3.68. The maximum Gasteiger partial charge on any atom is 0.413 e. The zero-order valence-electron chi connectivity index (χ0n) is 22.8. The lowest BCUT2D eigenvalue weighted by Gasteiger charge is -2.31. The molecule has 2 fully saturated rings. The number of aromatic nitrogens is 1. The lowest BCUT2D eigenvalue weighted by molar-refractivity contribution is -0.138. The quantitative estimate of drug-likeness (QED) is 0.456. The van der Waals surface area contributed by atoms with E-state index in [0.717, 1.165) is 14.4 Å². The molecule has 3 unspecified atom stereocenters. The van der Waals surface area contributed by atoms with Crippen LogP contribution in [0.15, 0.2) is 54.0 Å². The molecule has 0 bridgehead atoms. The Kier molecular flexibility index (Phi) is 7.70. The molecule has 0 aliphatic carbocycles. The Morgan fingerprint density at radius 3 is 2.59 bits per heavy atom. The van der Waals surface area contributed by atoms with Crippen LogP contribution in [0.1, 0.15) is 44.1 Å². The van der Waals surface area contributed by atoms with Crippen molar-refractivity contribution < 1.29 is 32.3 Å². The first-order valence-corrected chi connectivity index (χ1v) is 15.4. The predicted octanol–water partition coefficient (Wildman–Crippen LogP) is 3.21. The molecule has 1 aromatic carbocycles.